The van der Waals surface area contributed by atoms with Gasteiger partial charge in [0.1, 0.15) is 0 Å². The van der Waals surface area contributed by atoms with Gasteiger partial charge in [-0.05, 0) is 44.7 Å². The summed E-state index contributed by atoms with van der Waals surface area (Å²) in [6.45, 7) is 15.3. The molecule has 2 heteroatoms. The Kier molecular flexibility index (Phi) is 7.38. The van der Waals surface area contributed by atoms with Crippen LogP contribution in [0, 0.1) is 5.41 Å². The zero-order valence-corrected chi connectivity index (χ0v) is 14.0. The summed E-state index contributed by atoms with van der Waals surface area (Å²) >= 11 is 0. The minimum atomic E-state index is 0.350. The zero-order chi connectivity index (χ0) is 14.3. The van der Waals surface area contributed by atoms with Crippen LogP contribution >= 0.6 is 0 Å². The van der Waals surface area contributed by atoms with E-state index in [0.717, 1.165) is 12.6 Å². The van der Waals surface area contributed by atoms with E-state index in [1.807, 2.05) is 0 Å². The predicted octanol–water partition coefficient (Wildman–Crippen LogP) is 4.06. The van der Waals surface area contributed by atoms with Crippen molar-refractivity contribution in [1.29, 1.82) is 0 Å². The van der Waals surface area contributed by atoms with E-state index < -0.39 is 0 Å². The van der Waals surface area contributed by atoms with Crippen LogP contribution in [0.5, 0.6) is 0 Å². The van der Waals surface area contributed by atoms with Crippen molar-refractivity contribution in [2.75, 3.05) is 19.6 Å². The van der Waals surface area contributed by atoms with Gasteiger partial charge in [0, 0.05) is 18.6 Å². The highest BCUT2D eigenvalue weighted by molar-refractivity contribution is 4.86. The molecule has 0 heterocycles. The molecule has 1 rings (SSSR count). The standard InChI is InChI=1S/C17H36N2/c1-6-13-18-15(3)17(4,5)14-19(7-2)16-11-9-8-10-12-16/h15-16,18H,6-14H2,1-5H3. The van der Waals surface area contributed by atoms with Gasteiger partial charge in [0.25, 0.3) is 0 Å². The van der Waals surface area contributed by atoms with Gasteiger partial charge in [0.2, 0.25) is 0 Å². The minimum absolute atomic E-state index is 0.350. The van der Waals surface area contributed by atoms with Crippen LogP contribution in [0.15, 0.2) is 0 Å². The lowest BCUT2D eigenvalue weighted by Crippen LogP contribution is -2.49. The number of rotatable bonds is 8. The summed E-state index contributed by atoms with van der Waals surface area (Å²) in [5.74, 6) is 0. The number of hydrogen-bond acceptors (Lipinski definition) is 2. The fourth-order valence-corrected chi connectivity index (χ4v) is 3.24. The fourth-order valence-electron chi connectivity index (χ4n) is 3.24. The molecule has 1 unspecified atom stereocenters. The second kappa shape index (κ2) is 8.26. The Morgan fingerprint density at radius 1 is 1.16 bits per heavy atom. The summed E-state index contributed by atoms with van der Waals surface area (Å²) in [6.07, 6.45) is 8.38. The maximum atomic E-state index is 3.68. The summed E-state index contributed by atoms with van der Waals surface area (Å²) in [4.78, 5) is 2.74. The molecule has 1 aliphatic carbocycles. The lowest BCUT2D eigenvalue weighted by molar-refractivity contribution is 0.0906. The van der Waals surface area contributed by atoms with Crippen LogP contribution in [0.25, 0.3) is 0 Å². The Bertz CT molecular complexity index is 231. The van der Waals surface area contributed by atoms with E-state index >= 15 is 0 Å². The Hall–Kier alpha value is -0.0800. The first kappa shape index (κ1) is 17.0. The van der Waals surface area contributed by atoms with Crippen molar-refractivity contribution in [3.8, 4) is 0 Å². The van der Waals surface area contributed by atoms with Gasteiger partial charge < -0.3 is 10.2 Å². The monoisotopic (exact) mass is 268 g/mol. The lowest BCUT2D eigenvalue weighted by atomic mass is 9.83. The molecule has 2 nitrogen and oxygen atoms in total. The van der Waals surface area contributed by atoms with E-state index in [9.17, 15) is 0 Å². The summed E-state index contributed by atoms with van der Waals surface area (Å²) in [5, 5.41) is 3.68. The van der Waals surface area contributed by atoms with Crippen molar-refractivity contribution in [2.45, 2.75) is 85.2 Å². The second-order valence-corrected chi connectivity index (χ2v) is 7.02. The van der Waals surface area contributed by atoms with Crippen molar-refractivity contribution in [1.82, 2.24) is 10.2 Å². The van der Waals surface area contributed by atoms with Crippen molar-refractivity contribution >= 4 is 0 Å². The minimum Gasteiger partial charge on any atom is -0.314 e. The molecule has 0 spiro atoms. The van der Waals surface area contributed by atoms with E-state index in [-0.39, 0.29) is 0 Å². The van der Waals surface area contributed by atoms with Crippen LogP contribution < -0.4 is 5.32 Å². The van der Waals surface area contributed by atoms with Crippen molar-refractivity contribution in [2.24, 2.45) is 5.41 Å². The Balaban J connectivity index is 2.51. The van der Waals surface area contributed by atoms with Crippen LogP contribution in [0.4, 0.5) is 0 Å². The third-order valence-electron chi connectivity index (χ3n) is 4.98. The third kappa shape index (κ3) is 5.43. The molecule has 1 aliphatic rings. The Labute approximate surface area is 121 Å². The highest BCUT2D eigenvalue weighted by atomic mass is 15.2. The van der Waals surface area contributed by atoms with E-state index in [4.69, 9.17) is 0 Å². The van der Waals surface area contributed by atoms with Crippen LogP contribution in [0.3, 0.4) is 0 Å². The highest BCUT2D eigenvalue weighted by Gasteiger charge is 2.30. The Morgan fingerprint density at radius 3 is 2.32 bits per heavy atom. The second-order valence-electron chi connectivity index (χ2n) is 7.02. The van der Waals surface area contributed by atoms with Crippen molar-refractivity contribution in [3.63, 3.8) is 0 Å². The number of hydrogen-bond donors (Lipinski definition) is 1. The average molecular weight is 268 g/mol. The quantitative estimate of drug-likeness (QED) is 0.714. The molecule has 0 bridgehead atoms. The van der Waals surface area contributed by atoms with Gasteiger partial charge in [-0.1, -0.05) is 47.0 Å². The molecular weight excluding hydrogens is 232 g/mol. The van der Waals surface area contributed by atoms with Gasteiger partial charge in [0.15, 0.2) is 0 Å². The predicted molar refractivity (Wildman–Crippen MR) is 85.7 cm³/mol. The molecule has 1 fully saturated rings. The van der Waals surface area contributed by atoms with Gasteiger partial charge >= 0.3 is 0 Å². The van der Waals surface area contributed by atoms with Crippen LogP contribution in [-0.2, 0) is 0 Å². The molecule has 0 aromatic rings. The summed E-state index contributed by atoms with van der Waals surface area (Å²) < 4.78 is 0. The first-order valence-corrected chi connectivity index (χ1v) is 8.48. The van der Waals surface area contributed by atoms with Gasteiger partial charge in [-0.2, -0.15) is 0 Å². The SMILES string of the molecule is CCCNC(C)C(C)(C)CN(CC)C1CCCCC1. The van der Waals surface area contributed by atoms with Crippen LogP contribution in [0.2, 0.25) is 0 Å². The Morgan fingerprint density at radius 2 is 1.79 bits per heavy atom. The van der Waals surface area contributed by atoms with Crippen LogP contribution in [-0.4, -0.2) is 36.6 Å². The van der Waals surface area contributed by atoms with Gasteiger partial charge in [0.05, 0.1) is 0 Å². The van der Waals surface area contributed by atoms with Crippen LogP contribution in [0.1, 0.15) is 73.1 Å². The molecule has 1 N–H and O–H groups in total. The molecule has 1 saturated carbocycles. The molecule has 1 atom stereocenters. The van der Waals surface area contributed by atoms with Crippen molar-refractivity contribution < 1.29 is 0 Å². The molecule has 0 amide bonds. The van der Waals surface area contributed by atoms with E-state index in [1.54, 1.807) is 0 Å². The molecule has 114 valence electrons. The summed E-state index contributed by atoms with van der Waals surface area (Å²) in [6, 6.07) is 1.43. The first-order chi connectivity index (χ1) is 9.01. The topological polar surface area (TPSA) is 15.3 Å². The van der Waals surface area contributed by atoms with Gasteiger partial charge in [-0.15, -0.1) is 0 Å². The van der Waals surface area contributed by atoms with Gasteiger partial charge in [-0.3, -0.25) is 0 Å². The molecule has 0 aliphatic heterocycles. The van der Waals surface area contributed by atoms with E-state index in [0.29, 0.717) is 11.5 Å². The smallest absolute Gasteiger partial charge is 0.0102 e. The summed E-state index contributed by atoms with van der Waals surface area (Å²) in [5.41, 5.74) is 0.350. The molecule has 0 saturated heterocycles. The molecule has 19 heavy (non-hydrogen) atoms. The lowest BCUT2D eigenvalue weighted by Gasteiger charge is -2.41. The fraction of sp³-hybridized carbons (Fsp3) is 1.00. The average Bonchev–Trinajstić information content (AvgIpc) is 2.43. The van der Waals surface area contributed by atoms with E-state index in [2.05, 4.69) is 44.8 Å². The molecule has 0 aromatic carbocycles. The molecule has 0 aromatic heterocycles. The zero-order valence-electron chi connectivity index (χ0n) is 14.0. The first-order valence-electron chi connectivity index (χ1n) is 8.48. The largest absolute Gasteiger partial charge is 0.314 e. The maximum Gasteiger partial charge on any atom is 0.0102 e. The summed E-state index contributed by atoms with van der Waals surface area (Å²) in [7, 11) is 0. The third-order valence-corrected chi connectivity index (χ3v) is 4.98. The number of nitrogens with zero attached hydrogens (tertiary/aromatic N) is 1. The highest BCUT2D eigenvalue weighted by Crippen LogP contribution is 2.28. The molecule has 0 radical (unpaired) electrons. The maximum absolute atomic E-state index is 3.68. The molecular formula is C17H36N2. The number of nitrogens with one attached hydrogen (secondary N) is 1. The normalized spacial score (nSPS) is 19.9. The van der Waals surface area contributed by atoms with E-state index in [1.165, 1.54) is 51.6 Å². The van der Waals surface area contributed by atoms with Crippen molar-refractivity contribution in [3.05, 3.63) is 0 Å². The van der Waals surface area contributed by atoms with Gasteiger partial charge in [-0.25, -0.2) is 0 Å².